The summed E-state index contributed by atoms with van der Waals surface area (Å²) in [4.78, 5) is 4.18. The van der Waals surface area contributed by atoms with Crippen molar-refractivity contribution in [3.63, 3.8) is 0 Å². The number of pyridine rings is 1. The van der Waals surface area contributed by atoms with Gasteiger partial charge in [0.25, 0.3) is 0 Å². The third-order valence-electron chi connectivity index (χ3n) is 2.17. The number of fused-ring (bicyclic) bond motifs is 1. The number of hydrogen-bond acceptors (Lipinski definition) is 3. The van der Waals surface area contributed by atoms with E-state index in [1.54, 1.807) is 12.4 Å². The van der Waals surface area contributed by atoms with Crippen LogP contribution >= 0.6 is 0 Å². The van der Waals surface area contributed by atoms with Crippen molar-refractivity contribution >= 4 is 22.4 Å². The minimum Gasteiger partial charge on any atom is -0.591 e. The minimum atomic E-state index is -1.08. The molecule has 0 saturated heterocycles. The standard InChI is InChI=1S/C10H13N3OS/c1-2-3-7-15(14)13-10-9(8-12-13)5-4-6-11-10/h4-6,8H,2-3,7H2,1H3. The van der Waals surface area contributed by atoms with Gasteiger partial charge in [-0.05, 0) is 18.6 Å². The molecular weight excluding hydrogens is 210 g/mol. The van der Waals surface area contributed by atoms with Crippen LogP contribution in [0.4, 0.5) is 0 Å². The molecule has 0 aromatic carbocycles. The molecule has 0 radical (unpaired) electrons. The lowest BCUT2D eigenvalue weighted by Crippen LogP contribution is -2.18. The Labute approximate surface area is 91.6 Å². The van der Waals surface area contributed by atoms with Gasteiger partial charge in [0.15, 0.2) is 0 Å². The zero-order valence-electron chi connectivity index (χ0n) is 8.59. The zero-order chi connectivity index (χ0) is 10.7. The van der Waals surface area contributed by atoms with Crippen LogP contribution in [0.5, 0.6) is 0 Å². The maximum absolute atomic E-state index is 11.9. The van der Waals surface area contributed by atoms with Gasteiger partial charge in [-0.15, -0.1) is 5.10 Å². The normalized spacial score (nSPS) is 13.2. The average Bonchev–Trinajstić information content (AvgIpc) is 2.69. The van der Waals surface area contributed by atoms with E-state index in [0.717, 1.165) is 18.2 Å². The van der Waals surface area contributed by atoms with Gasteiger partial charge in [0.1, 0.15) is 5.75 Å². The molecular formula is C10H13N3OS. The van der Waals surface area contributed by atoms with Gasteiger partial charge in [0.2, 0.25) is 5.65 Å². The lowest BCUT2D eigenvalue weighted by molar-refractivity contribution is 0.577. The Kier molecular flexibility index (Phi) is 3.23. The molecule has 0 bridgehead atoms. The highest BCUT2D eigenvalue weighted by Gasteiger charge is 2.14. The number of aromatic nitrogens is 3. The molecule has 0 aliphatic rings. The fraction of sp³-hybridized carbons (Fsp3) is 0.400. The van der Waals surface area contributed by atoms with Crippen molar-refractivity contribution in [1.29, 1.82) is 0 Å². The molecule has 80 valence electrons. The summed E-state index contributed by atoms with van der Waals surface area (Å²) in [7, 11) is 0. The van der Waals surface area contributed by atoms with Crippen molar-refractivity contribution in [2.24, 2.45) is 0 Å². The van der Waals surface area contributed by atoms with Gasteiger partial charge < -0.3 is 4.55 Å². The summed E-state index contributed by atoms with van der Waals surface area (Å²) in [5.74, 6) is 0.643. The Morgan fingerprint density at radius 3 is 3.20 bits per heavy atom. The average molecular weight is 223 g/mol. The maximum atomic E-state index is 11.9. The summed E-state index contributed by atoms with van der Waals surface area (Å²) < 4.78 is 13.4. The Balaban J connectivity index is 2.27. The van der Waals surface area contributed by atoms with Crippen LogP contribution in [-0.2, 0) is 11.4 Å². The Hall–Kier alpha value is -1.07. The molecule has 2 aromatic rings. The van der Waals surface area contributed by atoms with E-state index in [1.165, 1.54) is 4.09 Å². The molecule has 2 heterocycles. The minimum absolute atomic E-state index is 0.643. The Morgan fingerprint density at radius 1 is 1.53 bits per heavy atom. The van der Waals surface area contributed by atoms with E-state index in [9.17, 15) is 4.55 Å². The van der Waals surface area contributed by atoms with Gasteiger partial charge in [-0.25, -0.2) is 4.98 Å². The second kappa shape index (κ2) is 4.63. The summed E-state index contributed by atoms with van der Waals surface area (Å²) >= 11 is -1.08. The highest BCUT2D eigenvalue weighted by Crippen LogP contribution is 2.12. The topological polar surface area (TPSA) is 53.8 Å². The molecule has 0 N–H and O–H groups in total. The molecule has 1 atom stereocenters. The molecule has 0 amide bonds. The van der Waals surface area contributed by atoms with Crippen molar-refractivity contribution in [3.05, 3.63) is 24.5 Å². The number of hydrogen-bond donors (Lipinski definition) is 0. The number of nitrogens with zero attached hydrogens (tertiary/aromatic N) is 3. The second-order valence-electron chi connectivity index (χ2n) is 3.31. The summed E-state index contributed by atoms with van der Waals surface area (Å²) in [6.07, 6.45) is 5.38. The third kappa shape index (κ3) is 2.13. The molecule has 0 spiro atoms. The quantitative estimate of drug-likeness (QED) is 0.742. The van der Waals surface area contributed by atoms with E-state index in [2.05, 4.69) is 17.0 Å². The monoisotopic (exact) mass is 223 g/mol. The van der Waals surface area contributed by atoms with Gasteiger partial charge in [-0.3, -0.25) is 0 Å². The lowest BCUT2D eigenvalue weighted by Gasteiger charge is -2.08. The van der Waals surface area contributed by atoms with Crippen LogP contribution in [0.2, 0.25) is 0 Å². The van der Waals surface area contributed by atoms with E-state index < -0.39 is 11.4 Å². The van der Waals surface area contributed by atoms with Crippen LogP contribution in [0.25, 0.3) is 11.0 Å². The van der Waals surface area contributed by atoms with E-state index >= 15 is 0 Å². The maximum Gasteiger partial charge on any atom is 0.209 e. The van der Waals surface area contributed by atoms with E-state index in [0.29, 0.717) is 11.4 Å². The van der Waals surface area contributed by atoms with Crippen molar-refractivity contribution in [2.75, 3.05) is 5.75 Å². The summed E-state index contributed by atoms with van der Waals surface area (Å²) in [5, 5.41) is 5.03. The van der Waals surface area contributed by atoms with Gasteiger partial charge >= 0.3 is 0 Å². The summed E-state index contributed by atoms with van der Waals surface area (Å²) in [6, 6.07) is 3.77. The highest BCUT2D eigenvalue weighted by atomic mass is 32.2. The first-order valence-electron chi connectivity index (χ1n) is 5.00. The van der Waals surface area contributed by atoms with Crippen molar-refractivity contribution < 1.29 is 4.55 Å². The molecule has 0 aliphatic carbocycles. The fourth-order valence-corrected chi connectivity index (χ4v) is 2.55. The van der Waals surface area contributed by atoms with Crippen LogP contribution in [-0.4, -0.2) is 24.5 Å². The molecule has 4 nitrogen and oxygen atoms in total. The lowest BCUT2D eigenvalue weighted by atomic mass is 10.4. The molecule has 2 rings (SSSR count). The first kappa shape index (κ1) is 10.4. The second-order valence-corrected chi connectivity index (χ2v) is 4.71. The van der Waals surface area contributed by atoms with Gasteiger partial charge in [0.05, 0.1) is 17.6 Å². The predicted octanol–water partition coefficient (Wildman–Crippen LogP) is 1.74. The van der Waals surface area contributed by atoms with Crippen LogP contribution in [0, 0.1) is 0 Å². The van der Waals surface area contributed by atoms with E-state index in [1.807, 2.05) is 12.1 Å². The Morgan fingerprint density at radius 2 is 2.40 bits per heavy atom. The van der Waals surface area contributed by atoms with Gasteiger partial charge in [0, 0.05) is 11.6 Å². The largest absolute Gasteiger partial charge is 0.591 e. The van der Waals surface area contributed by atoms with Crippen LogP contribution in [0.15, 0.2) is 24.5 Å². The fourth-order valence-electron chi connectivity index (χ4n) is 1.34. The van der Waals surface area contributed by atoms with Crippen molar-refractivity contribution in [2.45, 2.75) is 19.8 Å². The third-order valence-corrected chi connectivity index (χ3v) is 3.46. The van der Waals surface area contributed by atoms with Crippen molar-refractivity contribution in [1.82, 2.24) is 14.2 Å². The molecule has 0 saturated carbocycles. The first-order chi connectivity index (χ1) is 7.33. The molecule has 2 aromatic heterocycles. The Bertz CT molecular complexity index is 443. The van der Waals surface area contributed by atoms with Crippen LogP contribution in [0.3, 0.4) is 0 Å². The summed E-state index contributed by atoms with van der Waals surface area (Å²) in [5.41, 5.74) is 0.701. The van der Waals surface area contributed by atoms with Crippen LogP contribution < -0.4 is 0 Å². The van der Waals surface area contributed by atoms with E-state index in [-0.39, 0.29) is 0 Å². The first-order valence-corrected chi connectivity index (χ1v) is 6.28. The zero-order valence-corrected chi connectivity index (χ0v) is 9.41. The molecule has 0 aliphatic heterocycles. The van der Waals surface area contributed by atoms with E-state index in [4.69, 9.17) is 0 Å². The highest BCUT2D eigenvalue weighted by molar-refractivity contribution is 7.89. The molecule has 15 heavy (non-hydrogen) atoms. The SMILES string of the molecule is CCCC[S+]([O-])n1ncc2cccnc21. The van der Waals surface area contributed by atoms with Gasteiger partial charge in [-0.2, -0.15) is 0 Å². The van der Waals surface area contributed by atoms with Gasteiger partial charge in [-0.1, -0.05) is 17.4 Å². The number of unbranched alkanes of at least 4 members (excludes halogenated alkanes) is 1. The summed E-state index contributed by atoms with van der Waals surface area (Å²) in [6.45, 7) is 2.08. The van der Waals surface area contributed by atoms with Crippen molar-refractivity contribution in [3.8, 4) is 0 Å². The molecule has 5 heteroatoms. The molecule has 1 unspecified atom stereocenters. The molecule has 0 fully saturated rings. The van der Waals surface area contributed by atoms with Crippen LogP contribution in [0.1, 0.15) is 19.8 Å². The smallest absolute Gasteiger partial charge is 0.209 e. The predicted molar refractivity (Wildman–Crippen MR) is 60.8 cm³/mol. The number of rotatable bonds is 4.